The Morgan fingerprint density at radius 2 is 1.81 bits per heavy atom. The van der Waals surface area contributed by atoms with Crippen molar-refractivity contribution in [2.75, 3.05) is 5.32 Å². The van der Waals surface area contributed by atoms with Crippen LogP contribution in [0.5, 0.6) is 0 Å². The highest BCUT2D eigenvalue weighted by molar-refractivity contribution is 5.90. The van der Waals surface area contributed by atoms with Gasteiger partial charge in [-0.2, -0.15) is 0 Å². The van der Waals surface area contributed by atoms with Gasteiger partial charge in [0.15, 0.2) is 0 Å². The van der Waals surface area contributed by atoms with Crippen molar-refractivity contribution < 1.29 is 14.7 Å². The van der Waals surface area contributed by atoms with E-state index in [-0.39, 0.29) is 29.3 Å². The predicted octanol–water partition coefficient (Wildman–Crippen LogP) is 2.87. The van der Waals surface area contributed by atoms with Crippen molar-refractivity contribution in [2.45, 2.75) is 40.2 Å². The molecule has 1 aliphatic carbocycles. The summed E-state index contributed by atoms with van der Waals surface area (Å²) in [6.07, 6.45) is -0.0557. The van der Waals surface area contributed by atoms with Crippen LogP contribution < -0.4 is 10.6 Å². The van der Waals surface area contributed by atoms with Gasteiger partial charge in [-0.15, -0.1) is 0 Å². The third-order valence-electron chi connectivity index (χ3n) is 4.84. The van der Waals surface area contributed by atoms with E-state index in [1.165, 1.54) is 0 Å². The lowest BCUT2D eigenvalue weighted by molar-refractivity contribution is -0.136. The number of carbonyl (C=O) groups is 2. The fourth-order valence-electron chi connectivity index (χ4n) is 2.79. The third-order valence-corrected chi connectivity index (χ3v) is 4.84. The molecule has 0 bridgehead atoms. The number of carboxylic acids is 1. The first-order valence-electron chi connectivity index (χ1n) is 7.03. The summed E-state index contributed by atoms with van der Waals surface area (Å²) in [5.41, 5.74) is 1.42. The minimum Gasteiger partial charge on any atom is -0.481 e. The first kappa shape index (κ1) is 15.4. The number of hydrogen-bond acceptors (Lipinski definition) is 2. The second kappa shape index (κ2) is 5.06. The standard InChI is InChI=1S/C16H22N2O3/c1-15(2)13(16(15,3)4)18-14(21)17-11-7-5-6-10(8-11)9-12(19)20/h5-8,13H,9H2,1-4H3,(H,19,20)(H2,17,18,21). The van der Waals surface area contributed by atoms with Gasteiger partial charge in [0, 0.05) is 11.7 Å². The molecule has 1 aliphatic rings. The summed E-state index contributed by atoms with van der Waals surface area (Å²) in [6.45, 7) is 8.52. The van der Waals surface area contributed by atoms with E-state index >= 15 is 0 Å². The van der Waals surface area contributed by atoms with Crippen molar-refractivity contribution in [2.24, 2.45) is 10.8 Å². The predicted molar refractivity (Wildman–Crippen MR) is 81.3 cm³/mol. The van der Waals surface area contributed by atoms with Crippen LogP contribution in [0.2, 0.25) is 0 Å². The molecular weight excluding hydrogens is 268 g/mol. The second-order valence-corrected chi connectivity index (χ2v) is 6.75. The molecule has 1 saturated carbocycles. The molecule has 21 heavy (non-hydrogen) atoms. The lowest BCUT2D eigenvalue weighted by atomic mass is 10.0. The summed E-state index contributed by atoms with van der Waals surface area (Å²) < 4.78 is 0. The molecule has 0 radical (unpaired) electrons. The number of benzene rings is 1. The number of carboxylic acid groups (broad SMARTS) is 1. The monoisotopic (exact) mass is 290 g/mol. The number of hydrogen-bond donors (Lipinski definition) is 3. The van der Waals surface area contributed by atoms with Crippen LogP contribution in [0.4, 0.5) is 10.5 Å². The van der Waals surface area contributed by atoms with E-state index < -0.39 is 5.97 Å². The maximum absolute atomic E-state index is 12.0. The number of urea groups is 1. The largest absolute Gasteiger partial charge is 0.481 e. The van der Waals surface area contributed by atoms with Crippen LogP contribution in [0.15, 0.2) is 24.3 Å². The zero-order valence-corrected chi connectivity index (χ0v) is 12.9. The normalized spacial score (nSPS) is 18.9. The van der Waals surface area contributed by atoms with Crippen molar-refractivity contribution in [3.63, 3.8) is 0 Å². The number of amides is 2. The van der Waals surface area contributed by atoms with Crippen LogP contribution in [-0.2, 0) is 11.2 Å². The number of aliphatic carboxylic acids is 1. The van der Waals surface area contributed by atoms with Crippen molar-refractivity contribution >= 4 is 17.7 Å². The molecule has 5 heteroatoms. The Morgan fingerprint density at radius 3 is 2.33 bits per heavy atom. The van der Waals surface area contributed by atoms with E-state index in [4.69, 9.17) is 5.11 Å². The maximum Gasteiger partial charge on any atom is 0.319 e. The lowest BCUT2D eigenvalue weighted by Crippen LogP contribution is -2.33. The van der Waals surface area contributed by atoms with Gasteiger partial charge in [-0.25, -0.2) is 4.79 Å². The van der Waals surface area contributed by atoms with Gasteiger partial charge >= 0.3 is 12.0 Å². The molecule has 0 unspecified atom stereocenters. The zero-order chi connectivity index (χ0) is 15.8. The highest BCUT2D eigenvalue weighted by Gasteiger charge is 2.65. The quantitative estimate of drug-likeness (QED) is 0.798. The van der Waals surface area contributed by atoms with Gasteiger partial charge in [0.05, 0.1) is 6.42 Å². The summed E-state index contributed by atoms with van der Waals surface area (Å²) in [5, 5.41) is 14.5. The summed E-state index contributed by atoms with van der Waals surface area (Å²) in [6, 6.07) is 6.76. The molecule has 5 nitrogen and oxygen atoms in total. The van der Waals surface area contributed by atoms with E-state index in [0.29, 0.717) is 11.3 Å². The maximum atomic E-state index is 12.0. The van der Waals surface area contributed by atoms with E-state index in [1.807, 2.05) is 0 Å². The molecular formula is C16H22N2O3. The Hall–Kier alpha value is -2.04. The summed E-state index contributed by atoms with van der Waals surface area (Å²) >= 11 is 0. The minimum atomic E-state index is -0.891. The van der Waals surface area contributed by atoms with Crippen molar-refractivity contribution in [3.8, 4) is 0 Å². The number of rotatable bonds is 4. The van der Waals surface area contributed by atoms with Gasteiger partial charge < -0.3 is 15.7 Å². The fourth-order valence-corrected chi connectivity index (χ4v) is 2.79. The highest BCUT2D eigenvalue weighted by atomic mass is 16.4. The first-order valence-corrected chi connectivity index (χ1v) is 7.03. The number of anilines is 1. The summed E-state index contributed by atoms with van der Waals surface area (Å²) in [7, 11) is 0. The molecule has 0 aliphatic heterocycles. The van der Waals surface area contributed by atoms with Gasteiger partial charge in [0.1, 0.15) is 0 Å². The van der Waals surface area contributed by atoms with E-state index in [1.54, 1.807) is 24.3 Å². The molecule has 3 N–H and O–H groups in total. The Kier molecular flexibility index (Phi) is 3.70. The Bertz CT molecular complexity index is 565. The molecule has 0 aromatic heterocycles. The SMILES string of the molecule is CC1(C)C(NC(=O)Nc2cccc(CC(=O)O)c2)C1(C)C. The smallest absolute Gasteiger partial charge is 0.319 e. The molecule has 2 rings (SSSR count). The van der Waals surface area contributed by atoms with Crippen LogP contribution in [0.3, 0.4) is 0 Å². The van der Waals surface area contributed by atoms with Gasteiger partial charge in [0.2, 0.25) is 0 Å². The minimum absolute atomic E-state index is 0.0557. The van der Waals surface area contributed by atoms with Gasteiger partial charge in [-0.3, -0.25) is 4.79 Å². The molecule has 114 valence electrons. The van der Waals surface area contributed by atoms with Gasteiger partial charge in [0.25, 0.3) is 0 Å². The zero-order valence-electron chi connectivity index (χ0n) is 12.9. The molecule has 0 saturated heterocycles. The molecule has 1 fully saturated rings. The average Bonchev–Trinajstić information content (AvgIpc) is 2.71. The van der Waals surface area contributed by atoms with Crippen LogP contribution in [-0.4, -0.2) is 23.1 Å². The van der Waals surface area contributed by atoms with Gasteiger partial charge in [-0.05, 0) is 28.5 Å². The first-order chi connectivity index (χ1) is 9.64. The van der Waals surface area contributed by atoms with E-state index in [2.05, 4.69) is 38.3 Å². The third kappa shape index (κ3) is 3.01. The van der Waals surface area contributed by atoms with Crippen molar-refractivity contribution in [1.29, 1.82) is 0 Å². The summed E-state index contributed by atoms with van der Waals surface area (Å²) in [5.74, 6) is -0.891. The Morgan fingerprint density at radius 1 is 1.19 bits per heavy atom. The average molecular weight is 290 g/mol. The molecule has 2 amide bonds. The topological polar surface area (TPSA) is 78.4 Å². The van der Waals surface area contributed by atoms with Crippen molar-refractivity contribution in [3.05, 3.63) is 29.8 Å². The van der Waals surface area contributed by atoms with Gasteiger partial charge in [-0.1, -0.05) is 39.8 Å². The fraction of sp³-hybridized carbons (Fsp3) is 0.500. The van der Waals surface area contributed by atoms with Crippen LogP contribution in [0, 0.1) is 10.8 Å². The Labute approximate surface area is 124 Å². The van der Waals surface area contributed by atoms with Crippen LogP contribution >= 0.6 is 0 Å². The van der Waals surface area contributed by atoms with E-state index in [0.717, 1.165) is 0 Å². The van der Waals surface area contributed by atoms with Crippen LogP contribution in [0.25, 0.3) is 0 Å². The molecule has 0 heterocycles. The second-order valence-electron chi connectivity index (χ2n) is 6.75. The molecule has 1 aromatic carbocycles. The molecule has 0 atom stereocenters. The lowest BCUT2D eigenvalue weighted by Gasteiger charge is -2.10. The number of carbonyl (C=O) groups excluding carboxylic acids is 1. The molecule has 0 spiro atoms. The van der Waals surface area contributed by atoms with Crippen molar-refractivity contribution in [1.82, 2.24) is 5.32 Å². The Balaban J connectivity index is 1.96. The van der Waals surface area contributed by atoms with Crippen LogP contribution in [0.1, 0.15) is 33.3 Å². The highest BCUT2D eigenvalue weighted by Crippen LogP contribution is 2.62. The molecule has 1 aromatic rings. The van der Waals surface area contributed by atoms with E-state index in [9.17, 15) is 9.59 Å². The summed E-state index contributed by atoms with van der Waals surface area (Å²) in [4.78, 5) is 22.7. The number of nitrogens with one attached hydrogen (secondary N) is 2.